The lowest BCUT2D eigenvalue weighted by Gasteiger charge is -2.36. The van der Waals surface area contributed by atoms with Gasteiger partial charge in [-0.1, -0.05) is 24.3 Å². The molecule has 0 unspecified atom stereocenters. The van der Waals surface area contributed by atoms with Gasteiger partial charge in [-0.15, -0.1) is 0 Å². The molecule has 3 fully saturated rings. The standard InChI is InChI=1S/C23H30N4O/c1-3-27-22(10-16(2)24-27)23(28)26-14-17-8-9-20(26)15-25(13-17)21-11-18-6-4-5-7-19(18)12-21/h4-7,10,17,20-21H,3,8-9,11-15H2,1-2H3/t17-,20+/m0/s1. The number of hydrogen-bond acceptors (Lipinski definition) is 3. The monoisotopic (exact) mass is 378 g/mol. The summed E-state index contributed by atoms with van der Waals surface area (Å²) in [5.41, 5.74) is 4.71. The number of aromatic nitrogens is 2. The van der Waals surface area contributed by atoms with Gasteiger partial charge in [-0.05, 0) is 62.6 Å². The van der Waals surface area contributed by atoms with Crippen LogP contribution in [0.1, 0.15) is 47.1 Å². The lowest BCUT2D eigenvalue weighted by molar-refractivity contribution is 0.0569. The molecule has 4 aliphatic rings. The van der Waals surface area contributed by atoms with Crippen molar-refractivity contribution in [2.45, 2.75) is 58.2 Å². The first-order valence-electron chi connectivity index (χ1n) is 10.8. The first-order chi connectivity index (χ1) is 13.6. The van der Waals surface area contributed by atoms with E-state index in [2.05, 4.69) is 46.1 Å². The third-order valence-corrected chi connectivity index (χ3v) is 6.97. The van der Waals surface area contributed by atoms with Crippen LogP contribution in [0.3, 0.4) is 0 Å². The Morgan fingerprint density at radius 1 is 1.07 bits per heavy atom. The molecule has 0 saturated carbocycles. The number of fused-ring (bicyclic) bond motifs is 5. The minimum atomic E-state index is 0.175. The van der Waals surface area contributed by atoms with Crippen LogP contribution >= 0.6 is 0 Å². The van der Waals surface area contributed by atoms with Gasteiger partial charge < -0.3 is 4.90 Å². The Balaban J connectivity index is 1.35. The van der Waals surface area contributed by atoms with E-state index in [1.54, 1.807) is 0 Å². The minimum Gasteiger partial charge on any atom is -0.333 e. The van der Waals surface area contributed by atoms with Crippen molar-refractivity contribution in [3.05, 3.63) is 52.8 Å². The normalized spacial score (nSPS) is 25.1. The van der Waals surface area contributed by atoms with E-state index < -0.39 is 0 Å². The number of rotatable bonds is 3. The molecule has 2 aromatic rings. The van der Waals surface area contributed by atoms with Crippen LogP contribution < -0.4 is 0 Å². The minimum absolute atomic E-state index is 0.175. The Bertz CT molecular complexity index is 863. The maximum atomic E-state index is 13.4. The summed E-state index contributed by atoms with van der Waals surface area (Å²) in [5, 5.41) is 4.49. The lowest BCUT2D eigenvalue weighted by Crippen LogP contribution is -2.48. The molecule has 148 valence electrons. The third-order valence-electron chi connectivity index (χ3n) is 6.97. The van der Waals surface area contributed by atoms with Crippen molar-refractivity contribution in [3.8, 4) is 0 Å². The molecule has 1 amide bonds. The van der Waals surface area contributed by atoms with Gasteiger partial charge in [0.15, 0.2) is 0 Å². The summed E-state index contributed by atoms with van der Waals surface area (Å²) in [6.45, 7) is 7.80. The van der Waals surface area contributed by atoms with Crippen molar-refractivity contribution in [2.75, 3.05) is 19.6 Å². The number of carbonyl (C=O) groups is 1. The molecule has 28 heavy (non-hydrogen) atoms. The highest BCUT2D eigenvalue weighted by molar-refractivity contribution is 5.93. The van der Waals surface area contributed by atoms with E-state index in [1.807, 2.05) is 17.7 Å². The average molecular weight is 379 g/mol. The highest BCUT2D eigenvalue weighted by Crippen LogP contribution is 2.33. The molecule has 1 aromatic carbocycles. The van der Waals surface area contributed by atoms with Crippen LogP contribution in [-0.4, -0.2) is 57.2 Å². The van der Waals surface area contributed by atoms with Crippen molar-refractivity contribution in [2.24, 2.45) is 5.92 Å². The Kier molecular flexibility index (Phi) is 4.50. The van der Waals surface area contributed by atoms with Gasteiger partial charge in [0.25, 0.3) is 5.91 Å². The zero-order valence-electron chi connectivity index (χ0n) is 17.0. The van der Waals surface area contributed by atoms with E-state index >= 15 is 0 Å². The van der Waals surface area contributed by atoms with Crippen molar-refractivity contribution >= 4 is 5.91 Å². The maximum absolute atomic E-state index is 13.4. The molecule has 0 N–H and O–H groups in total. The summed E-state index contributed by atoms with van der Waals surface area (Å²) in [6.07, 6.45) is 4.69. The molecule has 0 radical (unpaired) electrons. The third kappa shape index (κ3) is 3.06. The van der Waals surface area contributed by atoms with Crippen molar-refractivity contribution in [3.63, 3.8) is 0 Å². The second kappa shape index (κ2) is 7.03. The largest absolute Gasteiger partial charge is 0.333 e. The SMILES string of the molecule is CCn1nc(C)cc1C(=O)N1C[C@H]2CC[C@@H]1CN(C1Cc3ccccc3C1)C2. The number of hydrogen-bond donors (Lipinski definition) is 0. The summed E-state index contributed by atoms with van der Waals surface area (Å²) in [5.74, 6) is 0.763. The van der Waals surface area contributed by atoms with E-state index in [1.165, 1.54) is 17.5 Å². The van der Waals surface area contributed by atoms with E-state index in [9.17, 15) is 4.79 Å². The summed E-state index contributed by atoms with van der Waals surface area (Å²) in [7, 11) is 0. The lowest BCUT2D eigenvalue weighted by atomic mass is 9.94. The molecule has 2 bridgehead atoms. The van der Waals surface area contributed by atoms with Gasteiger partial charge >= 0.3 is 0 Å². The number of nitrogens with zero attached hydrogens (tertiary/aromatic N) is 4. The summed E-state index contributed by atoms with van der Waals surface area (Å²) >= 11 is 0. The van der Waals surface area contributed by atoms with Crippen LogP contribution in [0.5, 0.6) is 0 Å². The molecule has 5 nitrogen and oxygen atoms in total. The van der Waals surface area contributed by atoms with Crippen molar-refractivity contribution in [1.29, 1.82) is 0 Å². The van der Waals surface area contributed by atoms with Gasteiger partial charge in [0.05, 0.1) is 5.69 Å². The molecule has 6 rings (SSSR count). The second-order valence-corrected chi connectivity index (χ2v) is 8.83. The number of piperidine rings is 1. The number of benzene rings is 1. The Hall–Kier alpha value is -2.14. The number of carbonyl (C=O) groups excluding carboxylic acids is 1. The maximum Gasteiger partial charge on any atom is 0.272 e. The highest BCUT2D eigenvalue weighted by atomic mass is 16.2. The number of aryl methyl sites for hydroxylation is 2. The fraction of sp³-hybridized carbons (Fsp3) is 0.565. The van der Waals surface area contributed by atoms with Crippen LogP contribution in [0.15, 0.2) is 30.3 Å². The molecule has 1 aromatic heterocycles. The fourth-order valence-corrected chi connectivity index (χ4v) is 5.56. The van der Waals surface area contributed by atoms with E-state index in [0.717, 1.165) is 56.8 Å². The first kappa shape index (κ1) is 17.9. The van der Waals surface area contributed by atoms with Gasteiger partial charge in [0, 0.05) is 38.3 Å². The van der Waals surface area contributed by atoms with Gasteiger partial charge in [-0.25, -0.2) is 0 Å². The zero-order chi connectivity index (χ0) is 19.3. The van der Waals surface area contributed by atoms with Crippen molar-refractivity contribution in [1.82, 2.24) is 19.6 Å². The molecule has 4 heterocycles. The summed E-state index contributed by atoms with van der Waals surface area (Å²) in [6, 6.07) is 11.8. The average Bonchev–Trinajstić information content (AvgIpc) is 3.19. The molecular weight excluding hydrogens is 348 g/mol. The van der Waals surface area contributed by atoms with Gasteiger partial charge in [0.1, 0.15) is 5.69 Å². The van der Waals surface area contributed by atoms with Crippen LogP contribution in [-0.2, 0) is 19.4 Å². The molecule has 3 saturated heterocycles. The predicted molar refractivity (Wildman–Crippen MR) is 109 cm³/mol. The van der Waals surface area contributed by atoms with E-state index in [-0.39, 0.29) is 5.91 Å². The molecule has 3 aliphatic heterocycles. The van der Waals surface area contributed by atoms with Gasteiger partial charge in [-0.2, -0.15) is 5.10 Å². The Morgan fingerprint density at radius 2 is 1.82 bits per heavy atom. The van der Waals surface area contributed by atoms with Crippen LogP contribution in [0.2, 0.25) is 0 Å². The van der Waals surface area contributed by atoms with E-state index in [0.29, 0.717) is 18.0 Å². The van der Waals surface area contributed by atoms with Gasteiger partial charge in [-0.3, -0.25) is 14.4 Å². The molecule has 1 aliphatic carbocycles. The van der Waals surface area contributed by atoms with Crippen LogP contribution in [0.25, 0.3) is 0 Å². The predicted octanol–water partition coefficient (Wildman–Crippen LogP) is 2.92. The Morgan fingerprint density at radius 3 is 2.54 bits per heavy atom. The fourth-order valence-electron chi connectivity index (χ4n) is 5.56. The molecule has 0 spiro atoms. The van der Waals surface area contributed by atoms with Gasteiger partial charge in [0.2, 0.25) is 0 Å². The smallest absolute Gasteiger partial charge is 0.272 e. The van der Waals surface area contributed by atoms with Crippen LogP contribution in [0, 0.1) is 12.8 Å². The molecular formula is C23H30N4O. The number of amides is 1. The molecule has 5 heteroatoms. The Labute approximate surface area is 167 Å². The first-order valence-corrected chi connectivity index (χ1v) is 10.8. The molecule has 2 atom stereocenters. The van der Waals surface area contributed by atoms with E-state index in [4.69, 9.17) is 0 Å². The van der Waals surface area contributed by atoms with Crippen LogP contribution in [0.4, 0.5) is 0 Å². The quantitative estimate of drug-likeness (QED) is 0.825. The summed E-state index contributed by atoms with van der Waals surface area (Å²) < 4.78 is 1.86. The zero-order valence-corrected chi connectivity index (χ0v) is 17.0. The van der Waals surface area contributed by atoms with Crippen molar-refractivity contribution < 1.29 is 4.79 Å². The summed E-state index contributed by atoms with van der Waals surface area (Å²) in [4.78, 5) is 18.2. The second-order valence-electron chi connectivity index (χ2n) is 8.83. The highest BCUT2D eigenvalue weighted by Gasteiger charge is 2.41. The topological polar surface area (TPSA) is 41.4 Å².